The van der Waals surface area contributed by atoms with Crippen LogP contribution in [0.4, 0.5) is 14.5 Å². The van der Waals surface area contributed by atoms with Crippen molar-refractivity contribution in [2.75, 3.05) is 50.9 Å². The van der Waals surface area contributed by atoms with Crippen molar-refractivity contribution in [3.05, 3.63) is 77.4 Å². The van der Waals surface area contributed by atoms with Gasteiger partial charge in [0, 0.05) is 49.4 Å². The van der Waals surface area contributed by atoms with Crippen LogP contribution in [-0.2, 0) is 16.0 Å². The van der Waals surface area contributed by atoms with Crippen molar-refractivity contribution in [1.29, 1.82) is 0 Å². The van der Waals surface area contributed by atoms with Gasteiger partial charge in [-0.25, -0.2) is 13.8 Å². The number of nitrogens with one attached hydrogen (secondary N) is 1. The molecule has 10 heteroatoms. The topological polar surface area (TPSA) is 70.2 Å². The number of anilines is 1. The van der Waals surface area contributed by atoms with Crippen molar-refractivity contribution in [2.24, 2.45) is 0 Å². The summed E-state index contributed by atoms with van der Waals surface area (Å²) in [6, 6.07) is 15.4. The highest BCUT2D eigenvalue weighted by molar-refractivity contribution is 5.97. The molecule has 5 atom stereocenters. The average Bonchev–Trinajstić information content (AvgIpc) is 3.01. The number of ether oxygens (including phenoxy) is 2. The number of hydrogen-bond acceptors (Lipinski definition) is 7. The standard InChI is InChI=1S/C35H43F2N5O3/c1-22-16-40(31(15-38-22)17-41-23(2)19-44-20-24(41)3)18-33(43)42-25(4)21-45-35-32(42)14-28(13-26-5-9-29(36)10-6-26)34(39-35)27-7-11-30(37)12-8-27/h5-12,14,22-25,31,38H,13,15-21H2,1-4H3/t22-,23-,24-,25+,31-/m1/s1. The molecule has 0 aliphatic carbocycles. The lowest BCUT2D eigenvalue weighted by atomic mass is 9.98. The first-order valence-corrected chi connectivity index (χ1v) is 16.0. The molecular weight excluding hydrogens is 576 g/mol. The monoisotopic (exact) mass is 619 g/mol. The lowest BCUT2D eigenvalue weighted by Crippen LogP contribution is -2.63. The molecule has 240 valence electrons. The van der Waals surface area contributed by atoms with Gasteiger partial charge in [-0.05, 0) is 87.7 Å². The average molecular weight is 620 g/mol. The van der Waals surface area contributed by atoms with Crippen molar-refractivity contribution in [3.63, 3.8) is 0 Å². The van der Waals surface area contributed by atoms with E-state index in [9.17, 15) is 13.6 Å². The first-order valence-electron chi connectivity index (χ1n) is 16.0. The molecule has 6 rings (SSSR count). The zero-order valence-corrected chi connectivity index (χ0v) is 26.5. The second-order valence-corrected chi connectivity index (χ2v) is 12.9. The molecule has 2 saturated heterocycles. The highest BCUT2D eigenvalue weighted by Crippen LogP contribution is 2.38. The molecule has 3 aliphatic heterocycles. The summed E-state index contributed by atoms with van der Waals surface area (Å²) in [5, 5.41) is 3.62. The summed E-state index contributed by atoms with van der Waals surface area (Å²) < 4.78 is 39.4. The molecule has 1 N–H and O–H groups in total. The first-order chi connectivity index (χ1) is 21.7. The molecule has 8 nitrogen and oxygen atoms in total. The van der Waals surface area contributed by atoms with E-state index < -0.39 is 0 Å². The highest BCUT2D eigenvalue weighted by atomic mass is 19.1. The maximum Gasteiger partial charge on any atom is 0.241 e. The maximum atomic E-state index is 14.3. The zero-order chi connectivity index (χ0) is 31.7. The molecule has 1 amide bonds. The van der Waals surface area contributed by atoms with E-state index in [0.717, 1.165) is 49.5 Å². The SMILES string of the molecule is C[C@@H]1CN(CC(=O)N2c3cc(Cc4ccc(F)cc4)c(-c4ccc(F)cc4)nc3OC[C@@H]2C)[C@@H](CN2[C@H](C)COC[C@H]2C)CN1. The molecule has 2 aromatic carbocycles. The molecule has 2 fully saturated rings. The van der Waals surface area contributed by atoms with E-state index in [4.69, 9.17) is 14.5 Å². The van der Waals surface area contributed by atoms with Crippen molar-refractivity contribution in [3.8, 4) is 17.1 Å². The number of fused-ring (bicyclic) bond motifs is 1. The van der Waals surface area contributed by atoms with Gasteiger partial charge in [-0.3, -0.25) is 14.6 Å². The smallest absolute Gasteiger partial charge is 0.241 e. The lowest BCUT2D eigenvalue weighted by molar-refractivity contribution is -0.122. The van der Waals surface area contributed by atoms with Crippen LogP contribution >= 0.6 is 0 Å². The van der Waals surface area contributed by atoms with Crippen molar-refractivity contribution >= 4 is 11.6 Å². The fourth-order valence-corrected chi connectivity index (χ4v) is 6.80. The number of nitrogens with zero attached hydrogens (tertiary/aromatic N) is 4. The third-order valence-corrected chi connectivity index (χ3v) is 9.24. The van der Waals surface area contributed by atoms with Crippen LogP contribution in [0.25, 0.3) is 11.3 Å². The number of benzene rings is 2. The van der Waals surface area contributed by atoms with Gasteiger partial charge in [0.05, 0.1) is 31.5 Å². The molecular formula is C35H43F2N5O3. The Balaban J connectivity index is 1.30. The normalized spacial score (nSPS) is 25.9. The summed E-state index contributed by atoms with van der Waals surface area (Å²) in [7, 11) is 0. The summed E-state index contributed by atoms with van der Waals surface area (Å²) in [5.41, 5.74) is 3.74. The Morgan fingerprint density at radius 1 is 0.933 bits per heavy atom. The lowest BCUT2D eigenvalue weighted by Gasteiger charge is -2.46. The number of morpholine rings is 1. The Bertz CT molecular complexity index is 1480. The number of pyridine rings is 1. The third-order valence-electron chi connectivity index (χ3n) is 9.24. The fourth-order valence-electron chi connectivity index (χ4n) is 6.80. The fraction of sp³-hybridized carbons (Fsp3) is 0.486. The molecule has 0 bridgehead atoms. The van der Waals surface area contributed by atoms with Crippen LogP contribution in [0.3, 0.4) is 0 Å². The van der Waals surface area contributed by atoms with Crippen LogP contribution in [-0.4, -0.2) is 96.9 Å². The summed E-state index contributed by atoms with van der Waals surface area (Å²) in [5.74, 6) is -0.266. The molecule has 0 saturated carbocycles. The molecule has 3 aliphatic rings. The largest absolute Gasteiger partial charge is 0.474 e. The molecule has 0 unspecified atom stereocenters. The minimum Gasteiger partial charge on any atom is -0.474 e. The number of carbonyl (C=O) groups excluding carboxylic acids is 1. The van der Waals surface area contributed by atoms with Gasteiger partial charge in [-0.1, -0.05) is 12.1 Å². The van der Waals surface area contributed by atoms with E-state index in [2.05, 4.69) is 35.9 Å². The molecule has 1 aromatic heterocycles. The summed E-state index contributed by atoms with van der Waals surface area (Å²) in [6.07, 6.45) is 0.455. The van der Waals surface area contributed by atoms with Crippen LogP contribution in [0.5, 0.6) is 5.88 Å². The number of hydrogen-bond donors (Lipinski definition) is 1. The quantitative estimate of drug-likeness (QED) is 0.418. The van der Waals surface area contributed by atoms with Gasteiger partial charge in [0.25, 0.3) is 0 Å². The van der Waals surface area contributed by atoms with Crippen LogP contribution in [0.15, 0.2) is 54.6 Å². The predicted molar refractivity (Wildman–Crippen MR) is 171 cm³/mol. The molecule has 0 spiro atoms. The van der Waals surface area contributed by atoms with Crippen molar-refractivity contribution < 1.29 is 23.0 Å². The molecule has 45 heavy (non-hydrogen) atoms. The highest BCUT2D eigenvalue weighted by Gasteiger charge is 2.37. The molecule has 0 radical (unpaired) electrons. The number of amides is 1. The van der Waals surface area contributed by atoms with Gasteiger partial charge in [-0.2, -0.15) is 0 Å². The van der Waals surface area contributed by atoms with Crippen molar-refractivity contribution in [2.45, 2.75) is 64.3 Å². The van der Waals surface area contributed by atoms with Gasteiger partial charge in [-0.15, -0.1) is 0 Å². The number of halogens is 2. The number of rotatable bonds is 7. The summed E-state index contributed by atoms with van der Waals surface area (Å²) in [4.78, 5) is 25.8. The van der Waals surface area contributed by atoms with Gasteiger partial charge < -0.3 is 19.7 Å². The van der Waals surface area contributed by atoms with E-state index >= 15 is 0 Å². The van der Waals surface area contributed by atoms with Crippen LogP contribution < -0.4 is 15.0 Å². The third kappa shape index (κ3) is 7.04. The van der Waals surface area contributed by atoms with Gasteiger partial charge in [0.1, 0.15) is 23.9 Å². The van der Waals surface area contributed by atoms with E-state index in [1.54, 1.807) is 24.3 Å². The Morgan fingerprint density at radius 3 is 2.29 bits per heavy atom. The number of aromatic nitrogens is 1. The maximum absolute atomic E-state index is 14.3. The summed E-state index contributed by atoms with van der Waals surface area (Å²) >= 11 is 0. The van der Waals surface area contributed by atoms with Gasteiger partial charge in [0.2, 0.25) is 11.8 Å². The molecule has 3 aromatic rings. The van der Waals surface area contributed by atoms with Crippen LogP contribution in [0.2, 0.25) is 0 Å². The van der Waals surface area contributed by atoms with E-state index in [1.807, 2.05) is 17.9 Å². The Morgan fingerprint density at radius 2 is 1.60 bits per heavy atom. The van der Waals surface area contributed by atoms with Crippen LogP contribution in [0, 0.1) is 11.6 Å². The minimum absolute atomic E-state index is 0.00158. The summed E-state index contributed by atoms with van der Waals surface area (Å²) in [6.45, 7) is 13.0. The van der Waals surface area contributed by atoms with Gasteiger partial charge >= 0.3 is 0 Å². The predicted octanol–water partition coefficient (Wildman–Crippen LogP) is 4.50. The Kier molecular flexibility index (Phi) is 9.46. The van der Waals surface area contributed by atoms with E-state index in [0.29, 0.717) is 42.4 Å². The Hall–Kier alpha value is -3.44. The van der Waals surface area contributed by atoms with Gasteiger partial charge in [0.15, 0.2) is 0 Å². The zero-order valence-electron chi connectivity index (χ0n) is 26.5. The molecule has 4 heterocycles. The first kappa shape index (κ1) is 31.5. The van der Waals surface area contributed by atoms with Crippen molar-refractivity contribution in [1.82, 2.24) is 20.1 Å². The number of piperazine rings is 1. The number of carbonyl (C=O) groups is 1. The van der Waals surface area contributed by atoms with E-state index in [-0.39, 0.29) is 42.2 Å². The van der Waals surface area contributed by atoms with E-state index in [1.165, 1.54) is 24.3 Å². The minimum atomic E-state index is -0.336. The Labute approximate surface area is 264 Å². The second kappa shape index (κ2) is 13.5. The second-order valence-electron chi connectivity index (χ2n) is 12.9. The van der Waals surface area contributed by atoms with Crippen LogP contribution in [0.1, 0.15) is 38.8 Å².